The molecule has 2 heterocycles. The average molecular weight is 488 g/mol. The number of carbonyl (C=O) groups excluding carboxylic acids is 2. The van der Waals surface area contributed by atoms with E-state index in [-0.39, 0.29) is 23.0 Å². The Morgan fingerprint density at radius 3 is 2.48 bits per heavy atom. The van der Waals surface area contributed by atoms with Crippen LogP contribution in [0.1, 0.15) is 33.7 Å². The summed E-state index contributed by atoms with van der Waals surface area (Å²) in [6, 6.07) is 11.5. The van der Waals surface area contributed by atoms with Gasteiger partial charge in [-0.15, -0.1) is 10.2 Å². The average Bonchev–Trinajstić information content (AvgIpc) is 3.50. The highest BCUT2D eigenvalue weighted by atomic mass is 35.5. The first-order valence-corrected chi connectivity index (χ1v) is 11.4. The van der Waals surface area contributed by atoms with Crippen molar-refractivity contribution in [2.75, 3.05) is 31.4 Å². The van der Waals surface area contributed by atoms with Gasteiger partial charge in [0.25, 0.3) is 5.91 Å². The van der Waals surface area contributed by atoms with Gasteiger partial charge in [-0.25, -0.2) is 4.79 Å². The molecule has 2 aromatic carbocycles. The molecule has 0 aliphatic carbocycles. The lowest BCUT2D eigenvalue weighted by Gasteiger charge is -2.23. The van der Waals surface area contributed by atoms with Gasteiger partial charge in [0.2, 0.25) is 5.01 Å². The summed E-state index contributed by atoms with van der Waals surface area (Å²) in [5.41, 5.74) is 1.20. The highest BCUT2D eigenvalue weighted by Gasteiger charge is 2.33. The number of ether oxygens (including phenoxy) is 2. The van der Waals surface area contributed by atoms with Crippen molar-refractivity contribution in [1.29, 1.82) is 0 Å². The quantitative estimate of drug-likeness (QED) is 0.516. The summed E-state index contributed by atoms with van der Waals surface area (Å²) in [5, 5.41) is 15.3. The van der Waals surface area contributed by atoms with Gasteiger partial charge in [0.05, 0.1) is 20.3 Å². The molecule has 2 N–H and O–H groups in total. The van der Waals surface area contributed by atoms with Crippen molar-refractivity contribution >= 4 is 46.3 Å². The number of halogens is 1. The zero-order valence-electron chi connectivity index (χ0n) is 18.0. The maximum atomic E-state index is 13.0. The molecule has 0 unspecified atom stereocenters. The van der Waals surface area contributed by atoms with Crippen LogP contribution in [0.3, 0.4) is 0 Å². The molecule has 11 heteroatoms. The van der Waals surface area contributed by atoms with E-state index in [1.165, 1.54) is 18.4 Å². The van der Waals surface area contributed by atoms with E-state index in [4.69, 9.17) is 21.1 Å². The van der Waals surface area contributed by atoms with Crippen LogP contribution in [-0.4, -0.2) is 47.8 Å². The molecule has 4 rings (SSSR count). The van der Waals surface area contributed by atoms with Crippen LogP contribution in [0, 0.1) is 0 Å². The first-order valence-electron chi connectivity index (χ1n) is 10.2. The maximum Gasteiger partial charge on any atom is 0.322 e. The predicted molar refractivity (Wildman–Crippen MR) is 127 cm³/mol. The Kier molecular flexibility index (Phi) is 6.95. The van der Waals surface area contributed by atoms with E-state index in [0.717, 1.165) is 12.8 Å². The third kappa shape index (κ3) is 5.18. The molecule has 1 saturated heterocycles. The van der Waals surface area contributed by atoms with Crippen molar-refractivity contribution in [2.24, 2.45) is 0 Å². The standard InChI is InChI=1S/C22H22ClN5O4S/c1-31-17-10-9-15(12-18(17)32-2)25-22(30)28-11-3-4-16(28)20-26-27-21(33-20)19(29)24-14-7-5-13(23)6-8-14/h5-10,12,16H,3-4,11H2,1-2H3,(H,24,29)(H,25,30)/t16-/m1/s1. The van der Waals surface area contributed by atoms with Gasteiger partial charge in [-0.3, -0.25) is 4.79 Å². The number of hydrogen-bond donors (Lipinski definition) is 2. The maximum absolute atomic E-state index is 13.0. The van der Waals surface area contributed by atoms with Crippen molar-refractivity contribution in [2.45, 2.75) is 18.9 Å². The second-order valence-electron chi connectivity index (χ2n) is 7.26. The highest BCUT2D eigenvalue weighted by molar-refractivity contribution is 7.13. The number of urea groups is 1. The molecule has 9 nitrogen and oxygen atoms in total. The topological polar surface area (TPSA) is 106 Å². The fraction of sp³-hybridized carbons (Fsp3) is 0.273. The Morgan fingerprint density at radius 1 is 1.03 bits per heavy atom. The number of benzene rings is 2. The van der Waals surface area contributed by atoms with Crippen LogP contribution in [0.15, 0.2) is 42.5 Å². The van der Waals surface area contributed by atoms with Crippen LogP contribution in [0.2, 0.25) is 5.02 Å². The third-order valence-corrected chi connectivity index (χ3v) is 6.45. The normalized spacial score (nSPS) is 15.2. The van der Waals surface area contributed by atoms with E-state index in [1.54, 1.807) is 54.5 Å². The summed E-state index contributed by atoms with van der Waals surface area (Å²) in [5.74, 6) is 0.738. The minimum absolute atomic E-state index is 0.229. The summed E-state index contributed by atoms with van der Waals surface area (Å²) < 4.78 is 10.5. The molecule has 1 aromatic heterocycles. The van der Waals surface area contributed by atoms with Gasteiger partial charge >= 0.3 is 6.03 Å². The Bertz CT molecular complexity index is 1150. The van der Waals surface area contributed by atoms with Gasteiger partial charge in [-0.05, 0) is 49.2 Å². The SMILES string of the molecule is COc1ccc(NC(=O)N2CCC[C@@H]2c2nnc(C(=O)Nc3ccc(Cl)cc3)s2)cc1OC. The molecule has 3 aromatic rings. The van der Waals surface area contributed by atoms with Crippen molar-refractivity contribution in [3.8, 4) is 11.5 Å². The summed E-state index contributed by atoms with van der Waals surface area (Å²) in [4.78, 5) is 27.2. The Morgan fingerprint density at radius 2 is 1.76 bits per heavy atom. The largest absolute Gasteiger partial charge is 0.493 e. The second kappa shape index (κ2) is 10.1. The van der Waals surface area contributed by atoms with Crippen LogP contribution in [0.5, 0.6) is 11.5 Å². The third-order valence-electron chi connectivity index (χ3n) is 5.17. The molecule has 1 aliphatic rings. The molecule has 0 saturated carbocycles. The minimum atomic E-state index is -0.361. The van der Waals surface area contributed by atoms with Crippen molar-refractivity contribution < 1.29 is 19.1 Å². The zero-order valence-corrected chi connectivity index (χ0v) is 19.6. The number of amides is 3. The smallest absolute Gasteiger partial charge is 0.322 e. The number of nitrogens with zero attached hydrogens (tertiary/aromatic N) is 3. The molecule has 33 heavy (non-hydrogen) atoms. The molecule has 1 fully saturated rings. The lowest BCUT2D eigenvalue weighted by atomic mass is 10.2. The van der Waals surface area contributed by atoms with E-state index < -0.39 is 0 Å². The summed E-state index contributed by atoms with van der Waals surface area (Å²) >= 11 is 7.06. The van der Waals surface area contributed by atoms with Crippen molar-refractivity contribution in [1.82, 2.24) is 15.1 Å². The number of carbonyl (C=O) groups is 2. The monoisotopic (exact) mass is 487 g/mol. The van der Waals surface area contributed by atoms with Crippen LogP contribution in [-0.2, 0) is 0 Å². The molecule has 1 aliphatic heterocycles. The highest BCUT2D eigenvalue weighted by Crippen LogP contribution is 2.35. The van der Waals surface area contributed by atoms with Crippen molar-refractivity contribution in [3.63, 3.8) is 0 Å². The fourth-order valence-corrected chi connectivity index (χ4v) is 4.57. The van der Waals surface area contributed by atoms with Gasteiger partial charge in [-0.1, -0.05) is 22.9 Å². The van der Waals surface area contributed by atoms with Crippen LogP contribution in [0.25, 0.3) is 0 Å². The molecule has 172 valence electrons. The lowest BCUT2D eigenvalue weighted by Crippen LogP contribution is -2.34. The van der Waals surface area contributed by atoms with Gasteiger partial charge in [-0.2, -0.15) is 0 Å². The van der Waals surface area contributed by atoms with Crippen molar-refractivity contribution in [3.05, 3.63) is 57.5 Å². The zero-order chi connectivity index (χ0) is 23.4. The van der Waals surface area contributed by atoms with Gasteiger partial charge in [0, 0.05) is 29.0 Å². The summed E-state index contributed by atoms with van der Waals surface area (Å²) in [6.07, 6.45) is 1.57. The first kappa shape index (κ1) is 22.8. The molecular formula is C22H22ClN5O4S. The molecule has 3 amide bonds. The van der Waals surface area contributed by atoms with E-state index in [9.17, 15) is 9.59 Å². The minimum Gasteiger partial charge on any atom is -0.493 e. The number of aromatic nitrogens is 2. The summed E-state index contributed by atoms with van der Waals surface area (Å²) in [6.45, 7) is 0.579. The van der Waals surface area contributed by atoms with Crippen LogP contribution >= 0.6 is 22.9 Å². The van der Waals surface area contributed by atoms with E-state index in [2.05, 4.69) is 20.8 Å². The van der Waals surface area contributed by atoms with Gasteiger partial charge in [0.15, 0.2) is 11.5 Å². The molecule has 0 spiro atoms. The number of likely N-dealkylation sites (tertiary alicyclic amines) is 1. The van der Waals surface area contributed by atoms with E-state index in [1.807, 2.05) is 0 Å². The molecular weight excluding hydrogens is 466 g/mol. The van der Waals surface area contributed by atoms with Gasteiger partial charge in [0.1, 0.15) is 5.01 Å². The first-order chi connectivity index (χ1) is 16.0. The number of rotatable bonds is 6. The Hall–Kier alpha value is -3.37. The Balaban J connectivity index is 1.44. The molecule has 1 atom stereocenters. The van der Waals surface area contributed by atoms with Crippen LogP contribution in [0.4, 0.5) is 16.2 Å². The summed E-state index contributed by atoms with van der Waals surface area (Å²) in [7, 11) is 3.09. The molecule has 0 radical (unpaired) electrons. The van der Waals surface area contributed by atoms with E-state index in [0.29, 0.717) is 39.4 Å². The predicted octanol–water partition coefficient (Wildman–Crippen LogP) is 4.83. The Labute approximate surface area is 199 Å². The number of anilines is 2. The lowest BCUT2D eigenvalue weighted by molar-refractivity contribution is 0.102. The number of nitrogens with one attached hydrogen (secondary N) is 2. The number of methoxy groups -OCH3 is 2. The van der Waals surface area contributed by atoms with Crippen LogP contribution < -0.4 is 20.1 Å². The number of hydrogen-bond acceptors (Lipinski definition) is 7. The second-order valence-corrected chi connectivity index (χ2v) is 8.70. The fourth-order valence-electron chi connectivity index (χ4n) is 3.55. The van der Waals surface area contributed by atoms with E-state index >= 15 is 0 Å². The molecule has 0 bridgehead atoms. The van der Waals surface area contributed by atoms with Gasteiger partial charge < -0.3 is 25.0 Å².